The van der Waals surface area contributed by atoms with Crippen LogP contribution in [0.25, 0.3) is 0 Å². The van der Waals surface area contributed by atoms with Crippen molar-refractivity contribution in [2.45, 2.75) is 26.1 Å². The summed E-state index contributed by atoms with van der Waals surface area (Å²) in [5, 5.41) is 8.24. The number of carboxylic acid groups (broad SMARTS) is 1. The molecule has 0 aromatic carbocycles. The van der Waals surface area contributed by atoms with Gasteiger partial charge in [-0.3, -0.25) is 5.73 Å². The van der Waals surface area contributed by atoms with E-state index >= 15 is 0 Å². The predicted octanol–water partition coefficient (Wildman–Crippen LogP) is 0.742. The molecule has 0 saturated heterocycles. The summed E-state index contributed by atoms with van der Waals surface area (Å²) in [7, 11) is 0. The minimum absolute atomic E-state index is 0.416. The Morgan fingerprint density at radius 2 is 2.30 bits per heavy atom. The van der Waals surface area contributed by atoms with Crippen LogP contribution in [-0.2, 0) is 4.79 Å². The predicted molar refractivity (Wildman–Crippen MR) is 35.1 cm³/mol. The maximum Gasteiger partial charge on any atom is 0.356 e. The van der Waals surface area contributed by atoms with Crippen molar-refractivity contribution >= 4 is 5.97 Å². The number of rotatable bonds is 3. The summed E-state index contributed by atoms with van der Waals surface area (Å²) in [6.07, 6.45) is 0.416. The van der Waals surface area contributed by atoms with Crippen molar-refractivity contribution in [2.24, 2.45) is 11.7 Å². The Bertz CT molecular complexity index is 136. The molecule has 0 fully saturated rings. The summed E-state index contributed by atoms with van der Waals surface area (Å²) in [4.78, 5) is 10.1. The molecule has 0 aromatic heterocycles. The molecule has 0 heterocycles. The highest BCUT2D eigenvalue weighted by Gasteiger charge is 2.38. The van der Waals surface area contributed by atoms with Gasteiger partial charge in [-0.15, -0.1) is 0 Å². The van der Waals surface area contributed by atoms with Crippen LogP contribution in [0, 0.1) is 5.92 Å². The molecular formula is C6H12FNO2. The second-order valence-electron chi connectivity index (χ2n) is 2.38. The van der Waals surface area contributed by atoms with Crippen LogP contribution < -0.4 is 5.73 Å². The van der Waals surface area contributed by atoms with E-state index < -0.39 is 17.7 Å². The molecule has 0 saturated carbocycles. The summed E-state index contributed by atoms with van der Waals surface area (Å²) in [5.74, 6) is -4.82. The van der Waals surface area contributed by atoms with Crippen LogP contribution in [0.2, 0.25) is 0 Å². The largest absolute Gasteiger partial charge is 0.478 e. The van der Waals surface area contributed by atoms with Crippen molar-refractivity contribution in [3.63, 3.8) is 0 Å². The third kappa shape index (κ3) is 1.67. The number of hydrogen-bond donors (Lipinski definition) is 2. The number of nitrogens with two attached hydrogens (primary N) is 1. The third-order valence-corrected chi connectivity index (χ3v) is 1.66. The van der Waals surface area contributed by atoms with E-state index in [0.717, 1.165) is 0 Å². The smallest absolute Gasteiger partial charge is 0.356 e. The van der Waals surface area contributed by atoms with E-state index in [2.05, 4.69) is 0 Å². The molecule has 0 aliphatic heterocycles. The lowest BCUT2D eigenvalue weighted by molar-refractivity contribution is -0.154. The maximum absolute atomic E-state index is 12.8. The van der Waals surface area contributed by atoms with Gasteiger partial charge in [-0.2, -0.15) is 0 Å². The highest BCUT2D eigenvalue weighted by Crippen LogP contribution is 2.18. The Hall–Kier alpha value is -0.640. The van der Waals surface area contributed by atoms with Crippen LogP contribution in [0.5, 0.6) is 0 Å². The normalized spacial score (nSPS) is 19.6. The lowest BCUT2D eigenvalue weighted by Gasteiger charge is -2.20. The van der Waals surface area contributed by atoms with Gasteiger partial charge in [0.25, 0.3) is 5.79 Å². The minimum atomic E-state index is -2.57. The molecule has 10 heavy (non-hydrogen) atoms. The van der Waals surface area contributed by atoms with Gasteiger partial charge in [0.05, 0.1) is 0 Å². The summed E-state index contributed by atoms with van der Waals surface area (Å²) >= 11 is 0. The van der Waals surface area contributed by atoms with E-state index in [0.29, 0.717) is 6.42 Å². The average molecular weight is 149 g/mol. The van der Waals surface area contributed by atoms with Gasteiger partial charge in [-0.1, -0.05) is 13.8 Å². The molecule has 0 bridgehead atoms. The topological polar surface area (TPSA) is 63.3 Å². The van der Waals surface area contributed by atoms with Crippen LogP contribution in [0.3, 0.4) is 0 Å². The maximum atomic E-state index is 12.8. The van der Waals surface area contributed by atoms with Crippen LogP contribution in [0.15, 0.2) is 0 Å². The Morgan fingerprint density at radius 3 is 2.40 bits per heavy atom. The molecule has 60 valence electrons. The summed E-state index contributed by atoms with van der Waals surface area (Å²) in [5.41, 5.74) is 4.85. The molecule has 0 unspecified atom stereocenters. The lowest BCUT2D eigenvalue weighted by Crippen LogP contribution is -2.48. The summed E-state index contributed by atoms with van der Waals surface area (Å²) in [6.45, 7) is 3.16. The zero-order valence-corrected chi connectivity index (χ0v) is 6.10. The molecular weight excluding hydrogens is 137 g/mol. The van der Waals surface area contributed by atoms with Gasteiger partial charge >= 0.3 is 5.97 Å². The number of aliphatic carboxylic acids is 1. The van der Waals surface area contributed by atoms with E-state index in [1.807, 2.05) is 0 Å². The Kier molecular flexibility index (Phi) is 2.77. The van der Waals surface area contributed by atoms with Crippen LogP contribution in [0.1, 0.15) is 20.3 Å². The number of carbonyl (C=O) groups is 1. The van der Waals surface area contributed by atoms with E-state index in [1.54, 1.807) is 6.92 Å². The van der Waals surface area contributed by atoms with Crippen LogP contribution >= 0.6 is 0 Å². The van der Waals surface area contributed by atoms with Gasteiger partial charge in [0.1, 0.15) is 0 Å². The van der Waals surface area contributed by atoms with Crippen LogP contribution in [-0.4, -0.2) is 16.9 Å². The fourth-order valence-electron chi connectivity index (χ4n) is 0.508. The SMILES string of the molecule is CC[C@H](C)[C@@](N)(F)C(=O)O. The van der Waals surface area contributed by atoms with Crippen molar-refractivity contribution in [2.75, 3.05) is 0 Å². The van der Waals surface area contributed by atoms with Crippen molar-refractivity contribution in [1.29, 1.82) is 0 Å². The molecule has 0 radical (unpaired) electrons. The van der Waals surface area contributed by atoms with Gasteiger partial charge in [0.15, 0.2) is 0 Å². The van der Waals surface area contributed by atoms with E-state index in [-0.39, 0.29) is 0 Å². The molecule has 4 heteroatoms. The highest BCUT2D eigenvalue weighted by molar-refractivity contribution is 5.76. The van der Waals surface area contributed by atoms with Crippen LogP contribution in [0.4, 0.5) is 4.39 Å². The first-order valence-corrected chi connectivity index (χ1v) is 3.14. The molecule has 0 aromatic rings. The standard InChI is InChI=1S/C6H12FNO2/c1-3-4(2)6(7,8)5(9)10/h4H,3,8H2,1-2H3,(H,9,10)/t4-,6-/m0/s1. The first-order chi connectivity index (χ1) is 4.42. The fourth-order valence-corrected chi connectivity index (χ4v) is 0.508. The zero-order valence-electron chi connectivity index (χ0n) is 6.10. The van der Waals surface area contributed by atoms with Gasteiger partial charge in [0.2, 0.25) is 0 Å². The summed E-state index contributed by atoms with van der Waals surface area (Å²) < 4.78 is 12.8. The second-order valence-corrected chi connectivity index (χ2v) is 2.38. The van der Waals surface area contributed by atoms with Crippen molar-refractivity contribution < 1.29 is 14.3 Å². The van der Waals surface area contributed by atoms with E-state index in [1.165, 1.54) is 6.92 Å². The van der Waals surface area contributed by atoms with Crippen molar-refractivity contribution in [3.8, 4) is 0 Å². The second kappa shape index (κ2) is 2.96. The molecule has 0 aliphatic carbocycles. The van der Waals surface area contributed by atoms with Crippen molar-refractivity contribution in [3.05, 3.63) is 0 Å². The quantitative estimate of drug-likeness (QED) is 0.582. The highest BCUT2D eigenvalue weighted by atomic mass is 19.1. The Balaban J connectivity index is 4.23. The minimum Gasteiger partial charge on any atom is -0.478 e. The van der Waals surface area contributed by atoms with Gasteiger partial charge < -0.3 is 5.11 Å². The number of carboxylic acids is 1. The molecule has 3 N–H and O–H groups in total. The fraction of sp³-hybridized carbons (Fsp3) is 0.833. The number of halogens is 1. The Labute approximate surface area is 59.0 Å². The monoisotopic (exact) mass is 149 g/mol. The molecule has 0 rings (SSSR count). The zero-order chi connectivity index (χ0) is 8.36. The van der Waals surface area contributed by atoms with E-state index in [4.69, 9.17) is 10.8 Å². The van der Waals surface area contributed by atoms with E-state index in [9.17, 15) is 9.18 Å². The molecule has 2 atom stereocenters. The van der Waals surface area contributed by atoms with Crippen molar-refractivity contribution in [1.82, 2.24) is 0 Å². The number of hydrogen-bond acceptors (Lipinski definition) is 2. The first kappa shape index (κ1) is 9.36. The number of alkyl halides is 1. The van der Waals surface area contributed by atoms with Gasteiger partial charge in [0, 0.05) is 5.92 Å². The molecule has 0 aliphatic rings. The van der Waals surface area contributed by atoms with Gasteiger partial charge in [-0.25, -0.2) is 9.18 Å². The molecule has 0 spiro atoms. The lowest BCUT2D eigenvalue weighted by atomic mass is 9.98. The molecule has 3 nitrogen and oxygen atoms in total. The first-order valence-electron chi connectivity index (χ1n) is 3.14. The molecule has 0 amide bonds. The third-order valence-electron chi connectivity index (χ3n) is 1.66. The average Bonchev–Trinajstić information content (AvgIpc) is 1.86. The van der Waals surface area contributed by atoms with Gasteiger partial charge in [-0.05, 0) is 6.42 Å². The summed E-state index contributed by atoms with van der Waals surface area (Å²) in [6, 6.07) is 0. The Morgan fingerprint density at radius 1 is 1.90 bits per heavy atom.